The van der Waals surface area contributed by atoms with Crippen LogP contribution in [0.5, 0.6) is 0 Å². The van der Waals surface area contributed by atoms with Crippen LogP contribution in [0.1, 0.15) is 48.0 Å². The molecule has 0 aromatic heterocycles. The molecule has 5 aliphatic rings. The number of hydrogen-bond donors (Lipinski definition) is 1. The summed E-state index contributed by atoms with van der Waals surface area (Å²) in [6.07, 6.45) is -0.195. The number of benzene rings is 1. The average Bonchev–Trinajstić information content (AvgIpc) is 3.03. The Hall–Kier alpha value is -2.19. The van der Waals surface area contributed by atoms with Crippen LogP contribution in [0.2, 0.25) is 0 Å². The molecule has 1 aromatic rings. The van der Waals surface area contributed by atoms with Gasteiger partial charge in [0.05, 0.1) is 35.3 Å². The molecule has 1 saturated heterocycles. The number of amides is 2. The van der Waals surface area contributed by atoms with Crippen molar-refractivity contribution in [1.29, 1.82) is 0 Å². The molecule has 0 radical (unpaired) electrons. The third-order valence-electron chi connectivity index (χ3n) is 7.40. The van der Waals surface area contributed by atoms with E-state index < -0.39 is 42.1 Å². The lowest BCUT2D eigenvalue weighted by molar-refractivity contribution is -0.137. The standard InChI is InChI=1S/C21H21F5N2O2/c22-20(23)9-28(10-20)17(29)15-2-1-13(21(24,25)26)6-16(15)27-18(30)19-7-11-3-12(8-19)5-14(19)4-11/h1-2,6,11-12,14H,3-5,7-10H2,(H,27,30). The summed E-state index contributed by atoms with van der Waals surface area (Å²) in [5, 5.41) is 2.60. The zero-order valence-corrected chi connectivity index (χ0v) is 16.1. The number of anilines is 1. The smallest absolute Gasteiger partial charge is 0.326 e. The summed E-state index contributed by atoms with van der Waals surface area (Å²) in [5.74, 6) is -2.98. The Labute approximate surface area is 169 Å². The first kappa shape index (κ1) is 19.8. The zero-order valence-electron chi connectivity index (χ0n) is 16.1. The Morgan fingerprint density at radius 1 is 1.03 bits per heavy atom. The molecule has 4 aliphatic carbocycles. The molecule has 6 rings (SSSR count). The molecule has 5 fully saturated rings. The second kappa shape index (κ2) is 6.17. The first-order valence-electron chi connectivity index (χ1n) is 10.2. The molecule has 1 heterocycles. The number of rotatable bonds is 3. The number of nitrogens with zero attached hydrogens (tertiary/aromatic N) is 1. The van der Waals surface area contributed by atoms with Crippen LogP contribution in [-0.2, 0) is 11.0 Å². The number of carbonyl (C=O) groups excluding carboxylic acids is 2. The minimum Gasteiger partial charge on any atom is -0.326 e. The molecule has 2 amide bonds. The minimum absolute atomic E-state index is 0.194. The van der Waals surface area contributed by atoms with Crippen LogP contribution < -0.4 is 5.32 Å². The van der Waals surface area contributed by atoms with Crippen molar-refractivity contribution < 1.29 is 31.5 Å². The molecule has 4 nitrogen and oxygen atoms in total. The summed E-state index contributed by atoms with van der Waals surface area (Å²) < 4.78 is 66.1. The first-order valence-corrected chi connectivity index (χ1v) is 10.2. The molecule has 2 unspecified atom stereocenters. The number of likely N-dealkylation sites (tertiary alicyclic amines) is 1. The molecular weight excluding hydrogens is 407 g/mol. The van der Waals surface area contributed by atoms with Crippen LogP contribution in [0.4, 0.5) is 27.6 Å². The van der Waals surface area contributed by atoms with Gasteiger partial charge in [-0.2, -0.15) is 13.2 Å². The second-order valence-corrected chi connectivity index (χ2v) is 9.43. The fourth-order valence-corrected chi connectivity index (χ4v) is 6.25. The van der Waals surface area contributed by atoms with Crippen molar-refractivity contribution in [3.05, 3.63) is 29.3 Å². The van der Waals surface area contributed by atoms with Gasteiger partial charge in [-0.25, -0.2) is 8.78 Å². The minimum atomic E-state index is -4.66. The van der Waals surface area contributed by atoms with E-state index in [9.17, 15) is 31.5 Å². The average molecular weight is 428 g/mol. The molecule has 4 saturated carbocycles. The number of carbonyl (C=O) groups is 2. The summed E-state index contributed by atoms with van der Waals surface area (Å²) in [7, 11) is 0. The van der Waals surface area contributed by atoms with Crippen LogP contribution in [0.25, 0.3) is 0 Å². The van der Waals surface area contributed by atoms with Gasteiger partial charge in [0.1, 0.15) is 0 Å². The van der Waals surface area contributed by atoms with Gasteiger partial charge in [-0.1, -0.05) is 0 Å². The number of halogens is 5. The summed E-state index contributed by atoms with van der Waals surface area (Å²) in [5.41, 5.74) is -2.04. The predicted octanol–water partition coefficient (Wildman–Crippen LogP) is 4.56. The Kier molecular flexibility index (Phi) is 4.06. The summed E-state index contributed by atoms with van der Waals surface area (Å²) in [6.45, 7) is -1.56. The van der Waals surface area contributed by atoms with Gasteiger partial charge in [0, 0.05) is 0 Å². The summed E-state index contributed by atoms with van der Waals surface area (Å²) in [6, 6.07) is 2.44. The molecule has 0 spiro atoms. The lowest BCUT2D eigenvalue weighted by Crippen LogP contribution is -2.58. The molecule has 2 atom stereocenters. The van der Waals surface area contributed by atoms with E-state index in [2.05, 4.69) is 5.32 Å². The van der Waals surface area contributed by atoms with Gasteiger partial charge in [-0.05, 0) is 68.1 Å². The van der Waals surface area contributed by atoms with E-state index in [4.69, 9.17) is 0 Å². The van der Waals surface area contributed by atoms with E-state index in [-0.39, 0.29) is 23.1 Å². The van der Waals surface area contributed by atoms with Crippen LogP contribution in [-0.4, -0.2) is 35.7 Å². The SMILES string of the molecule is O=C(c1ccc(C(F)(F)F)cc1NC(=O)C12CC3CC(CC1C3)C2)N1CC(F)(F)C1. The highest BCUT2D eigenvalue weighted by Gasteiger charge is 2.61. The van der Waals surface area contributed by atoms with Crippen molar-refractivity contribution in [2.75, 3.05) is 18.4 Å². The normalized spacial score (nSPS) is 33.5. The van der Waals surface area contributed by atoms with Gasteiger partial charge < -0.3 is 10.2 Å². The highest BCUT2D eigenvalue weighted by Crippen LogP contribution is 2.65. The molecular formula is C21H21F5N2O2. The topological polar surface area (TPSA) is 49.4 Å². The second-order valence-electron chi connectivity index (χ2n) is 9.43. The van der Waals surface area contributed by atoms with E-state index in [1.165, 1.54) is 0 Å². The van der Waals surface area contributed by atoms with Crippen molar-refractivity contribution in [3.8, 4) is 0 Å². The van der Waals surface area contributed by atoms with Crippen molar-refractivity contribution in [1.82, 2.24) is 4.90 Å². The quantitative estimate of drug-likeness (QED) is 0.718. The maximum Gasteiger partial charge on any atom is 0.416 e. The molecule has 1 aliphatic heterocycles. The lowest BCUT2D eigenvalue weighted by atomic mass is 9.75. The van der Waals surface area contributed by atoms with Crippen molar-refractivity contribution in [3.63, 3.8) is 0 Å². The Balaban J connectivity index is 1.45. The molecule has 9 heteroatoms. The molecule has 1 aromatic carbocycles. The van der Waals surface area contributed by atoms with Crippen LogP contribution in [0.3, 0.4) is 0 Å². The van der Waals surface area contributed by atoms with E-state index in [0.717, 1.165) is 55.2 Å². The predicted molar refractivity (Wildman–Crippen MR) is 96.9 cm³/mol. The Morgan fingerprint density at radius 2 is 1.67 bits per heavy atom. The number of hydrogen-bond acceptors (Lipinski definition) is 2. The molecule has 4 bridgehead atoms. The van der Waals surface area contributed by atoms with E-state index in [0.29, 0.717) is 11.8 Å². The van der Waals surface area contributed by atoms with Crippen LogP contribution >= 0.6 is 0 Å². The third kappa shape index (κ3) is 3.00. The van der Waals surface area contributed by atoms with Gasteiger partial charge in [-0.15, -0.1) is 0 Å². The van der Waals surface area contributed by atoms with Crippen LogP contribution in [0.15, 0.2) is 18.2 Å². The zero-order chi connectivity index (χ0) is 21.5. The number of nitrogens with one attached hydrogen (secondary N) is 1. The van der Waals surface area contributed by atoms with Crippen molar-refractivity contribution in [2.45, 2.75) is 44.2 Å². The maximum atomic E-state index is 13.2. The first-order chi connectivity index (χ1) is 14.0. The van der Waals surface area contributed by atoms with Gasteiger partial charge >= 0.3 is 6.18 Å². The monoisotopic (exact) mass is 428 g/mol. The molecule has 1 N–H and O–H groups in total. The van der Waals surface area contributed by atoms with E-state index >= 15 is 0 Å². The largest absolute Gasteiger partial charge is 0.416 e. The van der Waals surface area contributed by atoms with Gasteiger partial charge in [-0.3, -0.25) is 9.59 Å². The van der Waals surface area contributed by atoms with Crippen molar-refractivity contribution >= 4 is 17.5 Å². The highest BCUT2D eigenvalue weighted by atomic mass is 19.4. The van der Waals surface area contributed by atoms with E-state index in [1.54, 1.807) is 0 Å². The fourth-order valence-electron chi connectivity index (χ4n) is 6.25. The number of alkyl halides is 5. The van der Waals surface area contributed by atoms with E-state index in [1.807, 2.05) is 0 Å². The summed E-state index contributed by atoms with van der Waals surface area (Å²) in [4.78, 5) is 26.8. The maximum absolute atomic E-state index is 13.2. The van der Waals surface area contributed by atoms with Gasteiger partial charge in [0.25, 0.3) is 11.8 Å². The third-order valence-corrected chi connectivity index (χ3v) is 7.40. The highest BCUT2D eigenvalue weighted by molar-refractivity contribution is 6.05. The molecule has 30 heavy (non-hydrogen) atoms. The lowest BCUT2D eigenvalue weighted by Gasteiger charge is -2.39. The molecule has 162 valence electrons. The van der Waals surface area contributed by atoms with Gasteiger partial charge in [0.15, 0.2) is 0 Å². The van der Waals surface area contributed by atoms with Crippen LogP contribution in [0, 0.1) is 23.2 Å². The summed E-state index contributed by atoms with van der Waals surface area (Å²) >= 11 is 0. The Morgan fingerprint density at radius 3 is 2.23 bits per heavy atom. The van der Waals surface area contributed by atoms with Gasteiger partial charge in [0.2, 0.25) is 5.91 Å². The fraction of sp³-hybridized carbons (Fsp3) is 0.619. The van der Waals surface area contributed by atoms with Crippen molar-refractivity contribution in [2.24, 2.45) is 23.2 Å². The Bertz CT molecular complexity index is 906.